The fraction of sp³-hybridized carbons (Fsp3) is 0.0286. The standard InChI is InChI=1S/C35H20F2N2O.Pt/c36-30-22-31(37)33(21-27(30)32-16-5-7-18-38-32)40-24-11-9-10-23(20-24)35(34-17-6-8-19-39-34)28-14-3-1-12-25(28)26-13-2-4-15-29(26)35;/h1-19,22H;/q-2;+2. The number of aromatic nitrogens is 2. The van der Waals surface area contributed by atoms with Gasteiger partial charge in [-0.1, -0.05) is 84.4 Å². The van der Waals surface area contributed by atoms with Gasteiger partial charge in [0.15, 0.2) is 0 Å². The summed E-state index contributed by atoms with van der Waals surface area (Å²) in [6, 6.07) is 39.9. The third-order valence-corrected chi connectivity index (χ3v) is 7.25. The van der Waals surface area contributed by atoms with E-state index in [4.69, 9.17) is 9.72 Å². The van der Waals surface area contributed by atoms with Gasteiger partial charge in [-0.25, -0.2) is 0 Å². The third-order valence-electron chi connectivity index (χ3n) is 7.25. The molecule has 2 heterocycles. The molecular weight excluding hydrogens is 697 g/mol. The second-order valence-corrected chi connectivity index (χ2v) is 9.47. The van der Waals surface area contributed by atoms with Crippen LogP contribution in [-0.2, 0) is 26.5 Å². The molecule has 0 saturated heterocycles. The van der Waals surface area contributed by atoms with E-state index in [-0.39, 0.29) is 38.1 Å². The Bertz CT molecular complexity index is 1820. The molecule has 6 heteroatoms. The summed E-state index contributed by atoms with van der Waals surface area (Å²) in [4.78, 5) is 8.99. The molecule has 6 aromatic rings. The predicted molar refractivity (Wildman–Crippen MR) is 149 cm³/mol. The molecule has 0 N–H and O–H groups in total. The molecule has 7 rings (SSSR count). The van der Waals surface area contributed by atoms with E-state index < -0.39 is 17.0 Å². The minimum Gasteiger partial charge on any atom is -0.500 e. The van der Waals surface area contributed by atoms with Crippen molar-refractivity contribution in [3.63, 3.8) is 0 Å². The van der Waals surface area contributed by atoms with Crippen molar-refractivity contribution in [3.05, 3.63) is 168 Å². The molecule has 0 amide bonds. The summed E-state index contributed by atoms with van der Waals surface area (Å²) in [6.45, 7) is 0. The number of fused-ring (bicyclic) bond motifs is 3. The van der Waals surface area contributed by atoms with Gasteiger partial charge in [-0.3, -0.25) is 13.8 Å². The number of nitrogens with zero attached hydrogens (tertiary/aromatic N) is 2. The Kier molecular flexibility index (Phi) is 7.06. The van der Waals surface area contributed by atoms with E-state index in [9.17, 15) is 8.78 Å². The quantitative estimate of drug-likeness (QED) is 0.169. The molecule has 0 aliphatic heterocycles. The van der Waals surface area contributed by atoms with Crippen LogP contribution in [0.5, 0.6) is 11.5 Å². The van der Waals surface area contributed by atoms with E-state index in [1.165, 1.54) is 6.20 Å². The summed E-state index contributed by atoms with van der Waals surface area (Å²) in [5.74, 6) is -1.61. The van der Waals surface area contributed by atoms with Crippen LogP contribution in [0.4, 0.5) is 8.78 Å². The van der Waals surface area contributed by atoms with Gasteiger partial charge in [0, 0.05) is 24.0 Å². The summed E-state index contributed by atoms with van der Waals surface area (Å²) < 4.78 is 35.6. The molecule has 0 spiro atoms. The van der Waals surface area contributed by atoms with Crippen molar-refractivity contribution in [1.82, 2.24) is 9.97 Å². The van der Waals surface area contributed by atoms with Gasteiger partial charge in [-0.05, 0) is 46.1 Å². The van der Waals surface area contributed by atoms with E-state index in [1.54, 1.807) is 30.5 Å². The maximum Gasteiger partial charge on any atom is 2.00 e. The smallest absolute Gasteiger partial charge is 0.500 e. The number of hydrogen-bond donors (Lipinski definition) is 0. The van der Waals surface area contributed by atoms with Crippen molar-refractivity contribution < 1.29 is 34.6 Å². The molecule has 0 saturated carbocycles. The van der Waals surface area contributed by atoms with Crippen LogP contribution in [0.15, 0.2) is 122 Å². The summed E-state index contributed by atoms with van der Waals surface area (Å²) in [6.07, 6.45) is 3.32. The van der Waals surface area contributed by atoms with Crippen molar-refractivity contribution in [3.8, 4) is 33.9 Å². The molecule has 0 bridgehead atoms. The molecule has 3 nitrogen and oxygen atoms in total. The largest absolute Gasteiger partial charge is 2.00 e. The molecule has 0 fully saturated rings. The maximum atomic E-state index is 14.9. The zero-order chi connectivity index (χ0) is 27.1. The summed E-state index contributed by atoms with van der Waals surface area (Å²) in [7, 11) is 0. The number of benzene rings is 4. The van der Waals surface area contributed by atoms with Crippen LogP contribution in [0, 0.1) is 23.8 Å². The van der Waals surface area contributed by atoms with E-state index in [0.29, 0.717) is 5.69 Å². The number of rotatable bonds is 5. The predicted octanol–water partition coefficient (Wildman–Crippen LogP) is 8.18. The number of hydrogen-bond acceptors (Lipinski definition) is 3. The summed E-state index contributed by atoms with van der Waals surface area (Å²) in [5.41, 5.74) is 5.56. The molecular formula is C35H20F2N2OPt. The van der Waals surface area contributed by atoms with E-state index in [0.717, 1.165) is 39.6 Å². The minimum atomic E-state index is -0.869. The first kappa shape index (κ1) is 26.7. The maximum absolute atomic E-state index is 14.9. The molecule has 2 aromatic heterocycles. The van der Waals surface area contributed by atoms with E-state index in [2.05, 4.69) is 41.4 Å². The zero-order valence-corrected chi connectivity index (χ0v) is 23.7. The van der Waals surface area contributed by atoms with E-state index in [1.807, 2.05) is 54.6 Å². The molecule has 1 aliphatic carbocycles. The van der Waals surface area contributed by atoms with E-state index >= 15 is 0 Å². The topological polar surface area (TPSA) is 35.0 Å². The van der Waals surface area contributed by atoms with Crippen LogP contribution in [0.1, 0.15) is 22.4 Å². The van der Waals surface area contributed by atoms with Crippen LogP contribution >= 0.6 is 0 Å². The first-order chi connectivity index (χ1) is 19.7. The van der Waals surface area contributed by atoms with Crippen molar-refractivity contribution >= 4 is 0 Å². The average molecular weight is 718 g/mol. The second kappa shape index (κ2) is 10.8. The number of ether oxygens (including phenoxy) is 1. The fourth-order valence-corrected chi connectivity index (χ4v) is 5.61. The summed E-state index contributed by atoms with van der Waals surface area (Å²) >= 11 is 0. The molecule has 0 unspecified atom stereocenters. The first-order valence-electron chi connectivity index (χ1n) is 12.8. The third kappa shape index (κ3) is 4.38. The van der Waals surface area contributed by atoms with Crippen molar-refractivity contribution in [2.24, 2.45) is 0 Å². The Labute approximate surface area is 250 Å². The summed E-state index contributed by atoms with van der Waals surface area (Å²) in [5, 5.41) is 0. The molecule has 41 heavy (non-hydrogen) atoms. The Morgan fingerprint density at radius 3 is 1.95 bits per heavy atom. The SMILES string of the molecule is Fc1cc(F)c(-c2ccccn2)[c-]c1Oc1[c-]c(C2(c3ccccn3)c3ccccc3-c3ccccc32)ccc1.[Pt+2]. The molecule has 0 atom stereocenters. The van der Waals surface area contributed by atoms with Crippen LogP contribution in [-0.4, -0.2) is 9.97 Å². The second-order valence-electron chi connectivity index (χ2n) is 9.47. The van der Waals surface area contributed by atoms with Crippen LogP contribution in [0.3, 0.4) is 0 Å². The first-order valence-corrected chi connectivity index (χ1v) is 12.8. The minimum absolute atomic E-state index is 0. The van der Waals surface area contributed by atoms with Gasteiger partial charge in [-0.15, -0.1) is 17.7 Å². The monoisotopic (exact) mass is 717 g/mol. The Morgan fingerprint density at radius 1 is 0.634 bits per heavy atom. The van der Waals surface area contributed by atoms with Gasteiger partial charge < -0.3 is 9.72 Å². The van der Waals surface area contributed by atoms with Crippen molar-refractivity contribution in [1.29, 1.82) is 0 Å². The van der Waals surface area contributed by atoms with Crippen LogP contribution in [0.2, 0.25) is 0 Å². The van der Waals surface area contributed by atoms with Crippen LogP contribution in [0.25, 0.3) is 22.4 Å². The molecule has 4 aromatic carbocycles. The van der Waals surface area contributed by atoms with Crippen LogP contribution < -0.4 is 4.74 Å². The number of pyridine rings is 2. The van der Waals surface area contributed by atoms with Gasteiger partial charge in [0.1, 0.15) is 0 Å². The molecule has 0 radical (unpaired) electrons. The van der Waals surface area contributed by atoms with Gasteiger partial charge in [-0.2, -0.15) is 12.1 Å². The fourth-order valence-electron chi connectivity index (χ4n) is 5.61. The molecule has 200 valence electrons. The Morgan fingerprint density at radius 2 is 1.29 bits per heavy atom. The van der Waals surface area contributed by atoms with Crippen molar-refractivity contribution in [2.75, 3.05) is 0 Å². The average Bonchev–Trinajstić information content (AvgIpc) is 3.31. The molecule has 1 aliphatic rings. The van der Waals surface area contributed by atoms with Gasteiger partial charge in [0.05, 0.1) is 22.7 Å². The van der Waals surface area contributed by atoms with Gasteiger partial charge in [0.25, 0.3) is 0 Å². The Hall–Kier alpha value is -4.47. The van der Waals surface area contributed by atoms with Gasteiger partial charge in [0.2, 0.25) is 0 Å². The van der Waals surface area contributed by atoms with Gasteiger partial charge >= 0.3 is 21.1 Å². The normalized spacial score (nSPS) is 12.6. The number of halogens is 2. The zero-order valence-electron chi connectivity index (χ0n) is 21.4. The van der Waals surface area contributed by atoms with Crippen molar-refractivity contribution in [2.45, 2.75) is 5.41 Å². The Balaban J connectivity index is 0.00000302.